The lowest BCUT2D eigenvalue weighted by Crippen LogP contribution is -2.13. The van der Waals surface area contributed by atoms with Crippen molar-refractivity contribution in [2.24, 2.45) is 0 Å². The number of hydrogen-bond acceptors (Lipinski definition) is 6. The third-order valence-electron chi connectivity index (χ3n) is 3.93. The van der Waals surface area contributed by atoms with E-state index in [1.54, 1.807) is 13.0 Å². The molecule has 0 fully saturated rings. The van der Waals surface area contributed by atoms with Gasteiger partial charge in [-0.25, -0.2) is 8.42 Å². The summed E-state index contributed by atoms with van der Waals surface area (Å²) < 4.78 is 33.1. The molecule has 0 aliphatic heterocycles. The van der Waals surface area contributed by atoms with E-state index in [0.717, 1.165) is 0 Å². The molecule has 26 heavy (non-hydrogen) atoms. The number of aliphatic hydroxyl groups is 2. The number of rotatable bonds is 5. The Hall–Kier alpha value is -2.68. The van der Waals surface area contributed by atoms with Gasteiger partial charge in [-0.1, -0.05) is 12.1 Å². The minimum absolute atomic E-state index is 0.0626. The van der Waals surface area contributed by atoms with Crippen LogP contribution in [0.25, 0.3) is 11.0 Å². The lowest BCUT2D eigenvalue weighted by molar-refractivity contribution is -0.0426. The summed E-state index contributed by atoms with van der Waals surface area (Å²) in [5.74, 6) is 0.294. The molecule has 0 atom stereocenters. The van der Waals surface area contributed by atoms with Crippen LogP contribution in [0.3, 0.4) is 0 Å². The monoisotopic (exact) mass is 375 g/mol. The molecular weight excluding hydrogens is 358 g/mol. The van der Waals surface area contributed by atoms with Crippen molar-refractivity contribution in [3.8, 4) is 0 Å². The number of carbonyl (C=O) groups is 1. The maximum atomic E-state index is 12.6. The second-order valence-electron chi connectivity index (χ2n) is 5.85. The van der Waals surface area contributed by atoms with Gasteiger partial charge in [0.15, 0.2) is 12.1 Å². The van der Waals surface area contributed by atoms with E-state index in [9.17, 15) is 23.4 Å². The summed E-state index contributed by atoms with van der Waals surface area (Å²) in [4.78, 5) is 11.7. The lowest BCUT2D eigenvalue weighted by Gasteiger charge is -2.10. The molecule has 0 aliphatic rings. The first kappa shape index (κ1) is 18.1. The molecule has 0 aliphatic carbocycles. The number of Topliss-reactive ketones (excluding diaryl/α,β-unsaturated/α-hetero) is 1. The molecule has 3 N–H and O–H groups in total. The summed E-state index contributed by atoms with van der Waals surface area (Å²) in [7, 11) is -3.95. The fraction of sp³-hybridized carbons (Fsp3) is 0.167. The number of fused-ring (bicyclic) bond motifs is 1. The highest BCUT2D eigenvalue weighted by Gasteiger charge is 2.19. The van der Waals surface area contributed by atoms with Gasteiger partial charge in [0.2, 0.25) is 0 Å². The van der Waals surface area contributed by atoms with E-state index in [1.807, 2.05) is 0 Å². The number of ketones is 1. The lowest BCUT2D eigenvalue weighted by atomic mass is 10.1. The fourth-order valence-corrected chi connectivity index (χ4v) is 3.88. The molecular formula is C18H17NO6S. The highest BCUT2D eigenvalue weighted by atomic mass is 32.2. The van der Waals surface area contributed by atoms with Crippen LogP contribution in [0.5, 0.6) is 0 Å². The Bertz CT molecular complexity index is 1100. The normalized spacial score (nSPS) is 11.9. The van der Waals surface area contributed by atoms with E-state index in [-0.39, 0.29) is 21.9 Å². The maximum Gasteiger partial charge on any atom is 0.261 e. The van der Waals surface area contributed by atoms with Crippen molar-refractivity contribution in [2.75, 3.05) is 4.72 Å². The summed E-state index contributed by atoms with van der Waals surface area (Å²) in [5.41, 5.74) is 1.22. The standard InChI is InChI=1S/C18H17NO6S/c1-10(20)17-11(2)25-16-7-6-13(9-15(16)17)19-26(23,24)14-5-3-4-12(8-14)18(21)22/h3-9,18-19,21-22H,1-2H3. The summed E-state index contributed by atoms with van der Waals surface area (Å²) in [6.07, 6.45) is -1.77. The molecule has 0 spiro atoms. The van der Waals surface area contributed by atoms with Crippen LogP contribution in [-0.4, -0.2) is 24.4 Å². The molecule has 7 nitrogen and oxygen atoms in total. The highest BCUT2D eigenvalue weighted by Crippen LogP contribution is 2.29. The molecule has 0 saturated heterocycles. The summed E-state index contributed by atoms with van der Waals surface area (Å²) in [5, 5.41) is 18.9. The third kappa shape index (κ3) is 3.34. The molecule has 3 rings (SSSR count). The van der Waals surface area contributed by atoms with Crippen LogP contribution in [0.1, 0.15) is 34.9 Å². The van der Waals surface area contributed by atoms with Crippen molar-refractivity contribution in [1.82, 2.24) is 0 Å². The molecule has 2 aromatic carbocycles. The number of carbonyl (C=O) groups excluding carboxylic acids is 1. The van der Waals surface area contributed by atoms with Crippen LogP contribution in [0, 0.1) is 6.92 Å². The largest absolute Gasteiger partial charge is 0.461 e. The van der Waals surface area contributed by atoms with Crippen molar-refractivity contribution < 1.29 is 27.8 Å². The van der Waals surface area contributed by atoms with Crippen LogP contribution < -0.4 is 4.72 Å². The second kappa shape index (κ2) is 6.56. The number of nitrogens with one attached hydrogen (secondary N) is 1. The minimum atomic E-state index is -3.95. The SMILES string of the molecule is CC(=O)c1c(C)oc2ccc(NS(=O)(=O)c3cccc(C(O)O)c3)cc12. The quantitative estimate of drug-likeness (QED) is 0.466. The Labute approximate surface area is 149 Å². The van der Waals surface area contributed by atoms with Crippen LogP contribution in [0.4, 0.5) is 5.69 Å². The zero-order valence-corrected chi connectivity index (χ0v) is 14.9. The van der Waals surface area contributed by atoms with Crippen molar-refractivity contribution in [1.29, 1.82) is 0 Å². The smallest absolute Gasteiger partial charge is 0.261 e. The van der Waals surface area contributed by atoms with Gasteiger partial charge in [0, 0.05) is 16.6 Å². The van der Waals surface area contributed by atoms with Gasteiger partial charge >= 0.3 is 0 Å². The first-order valence-electron chi connectivity index (χ1n) is 7.72. The molecule has 0 saturated carbocycles. The Kier molecular flexibility index (Phi) is 4.57. The van der Waals surface area contributed by atoms with Crippen molar-refractivity contribution in [2.45, 2.75) is 25.0 Å². The fourth-order valence-electron chi connectivity index (χ4n) is 2.78. The van der Waals surface area contributed by atoms with E-state index in [4.69, 9.17) is 4.42 Å². The Morgan fingerprint density at radius 3 is 2.54 bits per heavy atom. The molecule has 1 aromatic heterocycles. The van der Waals surface area contributed by atoms with Gasteiger partial charge in [0.05, 0.1) is 10.5 Å². The van der Waals surface area contributed by atoms with E-state index >= 15 is 0 Å². The number of furan rings is 1. The van der Waals surface area contributed by atoms with Gasteiger partial charge < -0.3 is 14.6 Å². The van der Waals surface area contributed by atoms with Crippen molar-refractivity contribution in [3.05, 3.63) is 59.4 Å². The number of aryl methyl sites for hydroxylation is 1. The third-order valence-corrected chi connectivity index (χ3v) is 5.31. The number of hydrogen-bond donors (Lipinski definition) is 3. The summed E-state index contributed by atoms with van der Waals surface area (Å²) in [6, 6.07) is 9.98. The molecule has 0 bridgehead atoms. The second-order valence-corrected chi connectivity index (χ2v) is 7.53. The number of anilines is 1. The Balaban J connectivity index is 2.01. The Morgan fingerprint density at radius 2 is 1.88 bits per heavy atom. The van der Waals surface area contributed by atoms with Gasteiger partial charge in [0.1, 0.15) is 11.3 Å². The van der Waals surface area contributed by atoms with Crippen molar-refractivity contribution >= 4 is 32.5 Å². The molecule has 0 radical (unpaired) electrons. The van der Waals surface area contributed by atoms with Crippen LogP contribution in [-0.2, 0) is 10.0 Å². The number of sulfonamides is 1. The van der Waals surface area contributed by atoms with Crippen molar-refractivity contribution in [3.63, 3.8) is 0 Å². The highest BCUT2D eigenvalue weighted by molar-refractivity contribution is 7.92. The van der Waals surface area contributed by atoms with Gasteiger partial charge in [-0.15, -0.1) is 0 Å². The number of benzene rings is 2. The van der Waals surface area contributed by atoms with E-state index in [1.165, 1.54) is 43.3 Å². The van der Waals surface area contributed by atoms with Gasteiger partial charge in [-0.2, -0.15) is 0 Å². The molecule has 0 unspecified atom stereocenters. The average Bonchev–Trinajstić information content (AvgIpc) is 2.89. The predicted molar refractivity (Wildman–Crippen MR) is 95.4 cm³/mol. The predicted octanol–water partition coefficient (Wildman–Crippen LogP) is 2.73. The topological polar surface area (TPSA) is 117 Å². The zero-order valence-electron chi connectivity index (χ0n) is 14.1. The first-order valence-corrected chi connectivity index (χ1v) is 9.20. The Morgan fingerprint density at radius 1 is 1.15 bits per heavy atom. The van der Waals surface area contributed by atoms with Gasteiger partial charge in [-0.3, -0.25) is 9.52 Å². The molecule has 0 amide bonds. The van der Waals surface area contributed by atoms with Crippen LogP contribution in [0.15, 0.2) is 51.8 Å². The van der Waals surface area contributed by atoms with Crippen LogP contribution in [0.2, 0.25) is 0 Å². The molecule has 136 valence electrons. The average molecular weight is 375 g/mol. The molecule has 1 heterocycles. The van der Waals surface area contributed by atoms with E-state index in [2.05, 4.69) is 4.72 Å². The van der Waals surface area contributed by atoms with Gasteiger partial charge in [0.25, 0.3) is 10.0 Å². The van der Waals surface area contributed by atoms with E-state index in [0.29, 0.717) is 22.3 Å². The minimum Gasteiger partial charge on any atom is -0.461 e. The maximum absolute atomic E-state index is 12.6. The van der Waals surface area contributed by atoms with E-state index < -0.39 is 16.3 Å². The zero-order chi connectivity index (χ0) is 19.1. The first-order chi connectivity index (χ1) is 12.2. The van der Waals surface area contributed by atoms with Gasteiger partial charge in [-0.05, 0) is 44.2 Å². The number of aliphatic hydroxyl groups excluding tert-OH is 1. The summed E-state index contributed by atoms with van der Waals surface area (Å²) in [6.45, 7) is 3.09. The molecule has 3 aromatic rings. The molecule has 8 heteroatoms. The summed E-state index contributed by atoms with van der Waals surface area (Å²) >= 11 is 0. The van der Waals surface area contributed by atoms with Crippen LogP contribution >= 0.6 is 0 Å².